The second-order valence-electron chi connectivity index (χ2n) is 9.23. The molecule has 1 fully saturated rings. The second kappa shape index (κ2) is 14.4. The highest BCUT2D eigenvalue weighted by Gasteiger charge is 2.46. The lowest BCUT2D eigenvalue weighted by molar-refractivity contribution is -0.141. The summed E-state index contributed by atoms with van der Waals surface area (Å²) in [6.45, 7) is 11.3. The summed E-state index contributed by atoms with van der Waals surface area (Å²) in [6.07, 6.45) is -9.80. The van der Waals surface area contributed by atoms with Gasteiger partial charge in [0.25, 0.3) is 0 Å². The van der Waals surface area contributed by atoms with Crippen LogP contribution >= 0.6 is 0 Å². The van der Waals surface area contributed by atoms with Crippen molar-refractivity contribution >= 4 is 24.6 Å². The Labute approximate surface area is 199 Å². The van der Waals surface area contributed by atoms with E-state index in [1.165, 1.54) is 0 Å². The Bertz CT molecular complexity index is 675. The fourth-order valence-corrected chi connectivity index (χ4v) is 2.87. The highest BCUT2D eigenvalue weighted by molar-refractivity contribution is 5.62. The third kappa shape index (κ3) is 11.8. The first-order valence-corrected chi connectivity index (χ1v) is 11.3. The summed E-state index contributed by atoms with van der Waals surface area (Å²) < 4.78 is 35.7. The third-order valence-corrected chi connectivity index (χ3v) is 4.36. The molecular weight excluding hydrogens is 456 g/mol. The van der Waals surface area contributed by atoms with Crippen molar-refractivity contribution in [3.63, 3.8) is 0 Å². The minimum absolute atomic E-state index is 0.0476. The Morgan fingerprint density at radius 3 is 1.09 bits per heavy atom. The van der Waals surface area contributed by atoms with Crippen LogP contribution in [0.1, 0.15) is 54.4 Å². The molecule has 0 aromatic heterocycles. The predicted molar refractivity (Wildman–Crippen MR) is 115 cm³/mol. The summed E-state index contributed by atoms with van der Waals surface area (Å²) in [5.74, 6) is 0.151. The van der Waals surface area contributed by atoms with Gasteiger partial charge in [-0.2, -0.15) is 0 Å². The average Bonchev–Trinajstić information content (AvgIpc) is 2.71. The molecule has 0 aromatic rings. The maximum absolute atomic E-state index is 12.2. The van der Waals surface area contributed by atoms with Gasteiger partial charge >= 0.3 is 24.6 Å². The van der Waals surface area contributed by atoms with Crippen LogP contribution in [0.25, 0.3) is 0 Å². The Morgan fingerprint density at radius 2 is 0.853 bits per heavy atom. The molecule has 0 heterocycles. The molecule has 0 bridgehead atoms. The molecule has 12 nitrogen and oxygen atoms in total. The molecule has 0 amide bonds. The summed E-state index contributed by atoms with van der Waals surface area (Å²) >= 11 is 0. The molecule has 4 atom stereocenters. The van der Waals surface area contributed by atoms with Crippen molar-refractivity contribution in [1.82, 2.24) is 0 Å². The van der Waals surface area contributed by atoms with E-state index in [4.69, 9.17) is 38.3 Å². The second-order valence-corrected chi connectivity index (χ2v) is 9.23. The molecule has 0 aliphatic heterocycles. The molecule has 1 aliphatic carbocycles. The van der Waals surface area contributed by atoms with Crippen molar-refractivity contribution < 1.29 is 57.4 Å². The van der Waals surface area contributed by atoms with Crippen molar-refractivity contribution in [2.24, 2.45) is 17.8 Å². The van der Waals surface area contributed by atoms with E-state index in [9.17, 15) is 19.2 Å². The van der Waals surface area contributed by atoms with Crippen LogP contribution in [-0.4, -0.2) is 74.0 Å². The standard InChI is InChI=1S/C22H36O12/c1-12(2)9-28-20(25)32-16-8-18(34-22(27)30-11-14(5)6)17(7-15(16)31-19(23)24)33-21(26)29-10-13(3)4/h12-18H,7-11H2,1-6H3,(H,23,24). The van der Waals surface area contributed by atoms with E-state index in [1.807, 2.05) is 41.5 Å². The predicted octanol–water partition coefficient (Wildman–Crippen LogP) is 4.38. The lowest BCUT2D eigenvalue weighted by Gasteiger charge is -2.38. The molecule has 12 heteroatoms. The lowest BCUT2D eigenvalue weighted by atomic mass is 9.89. The minimum atomic E-state index is -1.62. The van der Waals surface area contributed by atoms with Crippen LogP contribution in [0.2, 0.25) is 0 Å². The Morgan fingerprint density at radius 1 is 0.588 bits per heavy atom. The number of hydrogen-bond acceptors (Lipinski definition) is 11. The van der Waals surface area contributed by atoms with Crippen LogP contribution < -0.4 is 0 Å². The smallest absolute Gasteiger partial charge is 0.450 e. The van der Waals surface area contributed by atoms with Gasteiger partial charge in [0, 0.05) is 12.8 Å². The summed E-state index contributed by atoms with van der Waals surface area (Å²) in [7, 11) is 0. The van der Waals surface area contributed by atoms with Crippen LogP contribution in [0.3, 0.4) is 0 Å². The van der Waals surface area contributed by atoms with Gasteiger partial charge in [0.05, 0.1) is 19.8 Å². The molecule has 1 N–H and O–H groups in total. The van der Waals surface area contributed by atoms with E-state index in [1.54, 1.807) is 0 Å². The van der Waals surface area contributed by atoms with Gasteiger partial charge in [-0.3, -0.25) is 0 Å². The summed E-state index contributed by atoms with van der Waals surface area (Å²) in [5.41, 5.74) is 0. The van der Waals surface area contributed by atoms with E-state index in [2.05, 4.69) is 0 Å². The van der Waals surface area contributed by atoms with Crippen molar-refractivity contribution in [3.8, 4) is 0 Å². The average molecular weight is 493 g/mol. The summed E-state index contributed by atoms with van der Waals surface area (Å²) in [4.78, 5) is 47.5. The Kier molecular flexibility index (Phi) is 12.3. The molecule has 4 unspecified atom stereocenters. The van der Waals surface area contributed by atoms with Gasteiger partial charge in [-0.15, -0.1) is 0 Å². The maximum Gasteiger partial charge on any atom is 0.508 e. The molecule has 196 valence electrons. The van der Waals surface area contributed by atoms with Crippen LogP contribution in [-0.2, 0) is 33.2 Å². The zero-order valence-corrected chi connectivity index (χ0v) is 20.5. The lowest BCUT2D eigenvalue weighted by Crippen LogP contribution is -2.51. The number of ether oxygens (including phenoxy) is 7. The van der Waals surface area contributed by atoms with Gasteiger partial charge in [-0.05, 0) is 17.8 Å². The monoisotopic (exact) mass is 492 g/mol. The number of carboxylic acid groups (broad SMARTS) is 1. The summed E-state index contributed by atoms with van der Waals surface area (Å²) in [5, 5.41) is 9.11. The Hall–Kier alpha value is -2.92. The topological polar surface area (TPSA) is 153 Å². The first-order valence-electron chi connectivity index (χ1n) is 11.3. The molecule has 0 spiro atoms. The van der Waals surface area contributed by atoms with E-state index in [-0.39, 0.29) is 50.4 Å². The number of carbonyl (C=O) groups is 4. The maximum atomic E-state index is 12.2. The number of carbonyl (C=O) groups excluding carboxylic acids is 3. The molecule has 1 aliphatic rings. The van der Waals surface area contributed by atoms with Gasteiger partial charge in [-0.1, -0.05) is 41.5 Å². The molecule has 0 radical (unpaired) electrons. The van der Waals surface area contributed by atoms with Gasteiger partial charge in [0.2, 0.25) is 0 Å². The normalized spacial score (nSPS) is 22.1. The fraction of sp³-hybridized carbons (Fsp3) is 0.818. The van der Waals surface area contributed by atoms with Crippen molar-refractivity contribution in [1.29, 1.82) is 0 Å². The van der Waals surface area contributed by atoms with Gasteiger partial charge in [0.15, 0.2) is 0 Å². The quantitative estimate of drug-likeness (QED) is 0.340. The van der Waals surface area contributed by atoms with Crippen LogP contribution in [0.15, 0.2) is 0 Å². The van der Waals surface area contributed by atoms with Gasteiger partial charge in [0.1, 0.15) is 24.4 Å². The highest BCUT2D eigenvalue weighted by Crippen LogP contribution is 2.30. The molecule has 34 heavy (non-hydrogen) atoms. The van der Waals surface area contributed by atoms with Crippen molar-refractivity contribution in [2.75, 3.05) is 19.8 Å². The zero-order valence-electron chi connectivity index (χ0n) is 20.5. The van der Waals surface area contributed by atoms with Gasteiger partial charge < -0.3 is 38.3 Å². The minimum Gasteiger partial charge on any atom is -0.450 e. The first kappa shape index (κ1) is 29.1. The Balaban J connectivity index is 2.99. The number of hydrogen-bond donors (Lipinski definition) is 1. The van der Waals surface area contributed by atoms with Crippen LogP contribution in [0, 0.1) is 17.8 Å². The molecule has 0 saturated heterocycles. The number of rotatable bonds is 10. The first-order chi connectivity index (χ1) is 15.9. The van der Waals surface area contributed by atoms with E-state index in [0.717, 1.165) is 0 Å². The third-order valence-electron chi connectivity index (χ3n) is 4.36. The van der Waals surface area contributed by atoms with Crippen molar-refractivity contribution in [2.45, 2.75) is 78.8 Å². The summed E-state index contributed by atoms with van der Waals surface area (Å²) in [6, 6.07) is 0. The fourth-order valence-electron chi connectivity index (χ4n) is 2.87. The van der Waals surface area contributed by atoms with Crippen LogP contribution in [0.5, 0.6) is 0 Å². The largest absolute Gasteiger partial charge is 0.508 e. The molecular formula is C22H36O12. The van der Waals surface area contributed by atoms with E-state index in [0.29, 0.717) is 0 Å². The van der Waals surface area contributed by atoms with E-state index < -0.39 is 49.0 Å². The molecule has 0 aromatic carbocycles. The SMILES string of the molecule is CC(C)COC(=O)OC1CC(OC(=O)OCC(C)C)C(OC(=O)OCC(C)C)CC1OC(=O)O. The van der Waals surface area contributed by atoms with E-state index >= 15 is 0 Å². The van der Waals surface area contributed by atoms with Crippen molar-refractivity contribution in [3.05, 3.63) is 0 Å². The molecule has 1 rings (SSSR count). The highest BCUT2D eigenvalue weighted by atomic mass is 16.8. The van der Waals surface area contributed by atoms with Gasteiger partial charge in [-0.25, -0.2) is 19.2 Å². The zero-order chi connectivity index (χ0) is 25.8. The molecule has 1 saturated carbocycles. The van der Waals surface area contributed by atoms with Crippen LogP contribution in [0.4, 0.5) is 19.2 Å².